The van der Waals surface area contributed by atoms with Crippen molar-refractivity contribution in [2.45, 2.75) is 58.7 Å². The average Bonchev–Trinajstić information content (AvgIpc) is 3.08. The van der Waals surface area contributed by atoms with Gasteiger partial charge in [0.2, 0.25) is 0 Å². The van der Waals surface area contributed by atoms with E-state index < -0.39 is 0 Å². The molecule has 19 heavy (non-hydrogen) atoms. The van der Waals surface area contributed by atoms with Crippen LogP contribution in [-0.2, 0) is 6.54 Å². The highest BCUT2D eigenvalue weighted by molar-refractivity contribution is 5.00. The van der Waals surface area contributed by atoms with Crippen LogP contribution in [0.25, 0.3) is 0 Å². The topological polar surface area (TPSA) is 33.1 Å². The van der Waals surface area contributed by atoms with Gasteiger partial charge in [-0.1, -0.05) is 13.8 Å². The number of nitrogens with zero attached hydrogens (tertiary/aromatic N) is 3. The minimum Gasteiger partial charge on any atom is -0.315 e. The summed E-state index contributed by atoms with van der Waals surface area (Å²) in [6.07, 6.45) is 5.74. The third-order valence-corrected chi connectivity index (χ3v) is 4.13. The van der Waals surface area contributed by atoms with Crippen molar-refractivity contribution in [3.8, 4) is 0 Å². The fourth-order valence-corrected chi connectivity index (χ4v) is 2.73. The van der Waals surface area contributed by atoms with Crippen molar-refractivity contribution in [2.24, 2.45) is 0 Å². The molecule has 2 unspecified atom stereocenters. The van der Waals surface area contributed by atoms with Gasteiger partial charge >= 0.3 is 0 Å². The molecular formula is C15H28N4. The lowest BCUT2D eigenvalue weighted by Gasteiger charge is -2.27. The summed E-state index contributed by atoms with van der Waals surface area (Å²) >= 11 is 0. The Morgan fingerprint density at radius 1 is 1.53 bits per heavy atom. The molecule has 4 heteroatoms. The molecule has 2 heterocycles. The molecule has 4 nitrogen and oxygen atoms in total. The van der Waals surface area contributed by atoms with Crippen LogP contribution in [0.15, 0.2) is 12.3 Å². The van der Waals surface area contributed by atoms with Gasteiger partial charge in [-0.25, -0.2) is 0 Å². The zero-order valence-corrected chi connectivity index (χ0v) is 12.6. The quantitative estimate of drug-likeness (QED) is 0.821. The van der Waals surface area contributed by atoms with E-state index in [2.05, 4.69) is 47.9 Å². The molecule has 0 aromatic carbocycles. The van der Waals surface area contributed by atoms with Crippen LogP contribution >= 0.6 is 0 Å². The van der Waals surface area contributed by atoms with Crippen molar-refractivity contribution < 1.29 is 0 Å². The molecule has 1 aromatic heterocycles. The van der Waals surface area contributed by atoms with E-state index >= 15 is 0 Å². The van der Waals surface area contributed by atoms with E-state index in [1.165, 1.54) is 25.1 Å². The normalized spacial score (nSPS) is 21.2. The monoisotopic (exact) mass is 264 g/mol. The van der Waals surface area contributed by atoms with Gasteiger partial charge in [-0.2, -0.15) is 5.10 Å². The van der Waals surface area contributed by atoms with E-state index in [9.17, 15) is 0 Å². The second-order valence-corrected chi connectivity index (χ2v) is 5.66. The van der Waals surface area contributed by atoms with Gasteiger partial charge < -0.3 is 5.32 Å². The van der Waals surface area contributed by atoms with Gasteiger partial charge in [-0.15, -0.1) is 0 Å². The molecule has 108 valence electrons. The molecule has 1 fully saturated rings. The molecule has 1 aromatic rings. The standard InChI is InChI=1S/C15H28N4/c1-4-9-18(15-6-8-16-11-15)12-14-7-10-19(17-14)13(3)5-2/h7,10,13,15-16H,4-6,8-9,11-12H2,1-3H3. The molecule has 0 aliphatic carbocycles. The zero-order valence-electron chi connectivity index (χ0n) is 12.6. The molecule has 0 spiro atoms. The Kier molecular flexibility index (Phi) is 5.40. The van der Waals surface area contributed by atoms with Crippen molar-refractivity contribution >= 4 is 0 Å². The average molecular weight is 264 g/mol. The molecule has 1 saturated heterocycles. The molecule has 1 aliphatic rings. The first kappa shape index (κ1) is 14.5. The predicted molar refractivity (Wildman–Crippen MR) is 79.2 cm³/mol. The maximum absolute atomic E-state index is 4.73. The van der Waals surface area contributed by atoms with Crippen LogP contribution in [0.3, 0.4) is 0 Å². The minimum atomic E-state index is 0.501. The van der Waals surface area contributed by atoms with Crippen LogP contribution < -0.4 is 5.32 Å². The van der Waals surface area contributed by atoms with Crippen LogP contribution in [0.2, 0.25) is 0 Å². The lowest BCUT2D eigenvalue weighted by molar-refractivity contribution is 0.196. The summed E-state index contributed by atoms with van der Waals surface area (Å²) in [5, 5.41) is 8.19. The van der Waals surface area contributed by atoms with Crippen molar-refractivity contribution in [3.05, 3.63) is 18.0 Å². The van der Waals surface area contributed by atoms with Crippen molar-refractivity contribution in [1.29, 1.82) is 0 Å². The Bertz CT molecular complexity index is 368. The Labute approximate surface area is 117 Å². The van der Waals surface area contributed by atoms with Crippen LogP contribution in [-0.4, -0.2) is 40.4 Å². The summed E-state index contributed by atoms with van der Waals surface area (Å²) in [5.41, 5.74) is 1.21. The number of hydrogen-bond donors (Lipinski definition) is 1. The Morgan fingerprint density at radius 3 is 3.00 bits per heavy atom. The second-order valence-electron chi connectivity index (χ2n) is 5.66. The van der Waals surface area contributed by atoms with Gasteiger partial charge in [0.1, 0.15) is 0 Å². The smallest absolute Gasteiger partial charge is 0.0765 e. The lowest BCUT2D eigenvalue weighted by atomic mass is 10.2. The summed E-state index contributed by atoms with van der Waals surface area (Å²) in [7, 11) is 0. The van der Waals surface area contributed by atoms with E-state index in [4.69, 9.17) is 5.10 Å². The Hall–Kier alpha value is -0.870. The zero-order chi connectivity index (χ0) is 13.7. The summed E-state index contributed by atoms with van der Waals surface area (Å²) in [6.45, 7) is 11.1. The van der Waals surface area contributed by atoms with Crippen molar-refractivity contribution in [3.63, 3.8) is 0 Å². The number of aromatic nitrogens is 2. The van der Waals surface area contributed by atoms with Gasteiger partial charge in [0.05, 0.1) is 5.69 Å². The highest BCUT2D eigenvalue weighted by atomic mass is 15.3. The Balaban J connectivity index is 1.97. The van der Waals surface area contributed by atoms with E-state index in [0.29, 0.717) is 12.1 Å². The van der Waals surface area contributed by atoms with Crippen LogP contribution in [0.4, 0.5) is 0 Å². The van der Waals surface area contributed by atoms with Gasteiger partial charge in [0.15, 0.2) is 0 Å². The SMILES string of the molecule is CCCN(Cc1ccn(C(C)CC)n1)C1CCNC1. The largest absolute Gasteiger partial charge is 0.315 e. The maximum Gasteiger partial charge on any atom is 0.0765 e. The highest BCUT2D eigenvalue weighted by Crippen LogP contribution is 2.15. The molecule has 0 radical (unpaired) electrons. The van der Waals surface area contributed by atoms with E-state index in [1.54, 1.807) is 0 Å². The van der Waals surface area contributed by atoms with Crippen LogP contribution in [0, 0.1) is 0 Å². The fourth-order valence-electron chi connectivity index (χ4n) is 2.73. The van der Waals surface area contributed by atoms with Gasteiger partial charge in [-0.3, -0.25) is 9.58 Å². The molecule has 1 aliphatic heterocycles. The van der Waals surface area contributed by atoms with Gasteiger partial charge in [0.25, 0.3) is 0 Å². The first-order valence-electron chi connectivity index (χ1n) is 7.73. The van der Waals surface area contributed by atoms with Crippen LogP contribution in [0.1, 0.15) is 51.8 Å². The summed E-state index contributed by atoms with van der Waals surface area (Å²) in [6, 6.07) is 3.37. The molecule has 2 rings (SSSR count). The molecule has 2 atom stereocenters. The van der Waals surface area contributed by atoms with E-state index in [1.807, 2.05) is 0 Å². The van der Waals surface area contributed by atoms with Crippen molar-refractivity contribution in [2.75, 3.05) is 19.6 Å². The summed E-state index contributed by atoms with van der Waals surface area (Å²) < 4.78 is 2.10. The summed E-state index contributed by atoms with van der Waals surface area (Å²) in [4.78, 5) is 2.59. The Morgan fingerprint density at radius 2 is 2.37 bits per heavy atom. The maximum atomic E-state index is 4.73. The molecule has 0 bridgehead atoms. The van der Waals surface area contributed by atoms with Gasteiger partial charge in [-0.05, 0) is 45.3 Å². The molecule has 0 amide bonds. The predicted octanol–water partition coefficient (Wildman–Crippen LogP) is 2.43. The fraction of sp³-hybridized carbons (Fsp3) is 0.800. The minimum absolute atomic E-state index is 0.501. The molecule has 1 N–H and O–H groups in total. The molecular weight excluding hydrogens is 236 g/mol. The number of nitrogens with one attached hydrogen (secondary N) is 1. The first-order chi connectivity index (χ1) is 9.24. The summed E-state index contributed by atoms with van der Waals surface area (Å²) in [5.74, 6) is 0. The van der Waals surface area contributed by atoms with Gasteiger partial charge in [0, 0.05) is 31.4 Å². The van der Waals surface area contributed by atoms with Crippen LogP contribution in [0.5, 0.6) is 0 Å². The number of rotatable bonds is 7. The second kappa shape index (κ2) is 7.06. The van der Waals surface area contributed by atoms with E-state index in [0.717, 1.165) is 26.1 Å². The first-order valence-corrected chi connectivity index (χ1v) is 7.73. The highest BCUT2D eigenvalue weighted by Gasteiger charge is 2.22. The number of hydrogen-bond acceptors (Lipinski definition) is 3. The third kappa shape index (κ3) is 3.80. The van der Waals surface area contributed by atoms with Crippen molar-refractivity contribution in [1.82, 2.24) is 20.0 Å². The third-order valence-electron chi connectivity index (χ3n) is 4.13. The molecule has 0 saturated carbocycles. The van der Waals surface area contributed by atoms with E-state index in [-0.39, 0.29) is 0 Å². The lowest BCUT2D eigenvalue weighted by Crippen LogP contribution is -2.37.